The minimum absolute atomic E-state index is 0.0270. The van der Waals surface area contributed by atoms with Crippen molar-refractivity contribution in [3.05, 3.63) is 23.1 Å². The maximum Gasteiger partial charge on any atom is 0.258 e. The van der Waals surface area contributed by atoms with Gasteiger partial charge < -0.3 is 9.32 Å². The molecule has 1 amide bonds. The molecule has 2 rings (SSSR count). The third kappa shape index (κ3) is 2.78. The van der Waals surface area contributed by atoms with Gasteiger partial charge in [0.1, 0.15) is 0 Å². The largest absolute Gasteiger partial charge is 0.452 e. The highest BCUT2D eigenvalue weighted by Crippen LogP contribution is 2.26. The topological polar surface area (TPSA) is 33.5 Å². The van der Waals surface area contributed by atoms with E-state index >= 15 is 0 Å². The van der Waals surface area contributed by atoms with Gasteiger partial charge in [0, 0.05) is 18.5 Å². The van der Waals surface area contributed by atoms with Crippen molar-refractivity contribution in [3.8, 4) is 0 Å². The van der Waals surface area contributed by atoms with Gasteiger partial charge in [0.2, 0.25) is 5.22 Å². The van der Waals surface area contributed by atoms with Crippen LogP contribution in [0.2, 0.25) is 5.22 Å². The van der Waals surface area contributed by atoms with Crippen LogP contribution in [0.4, 0.5) is 0 Å². The van der Waals surface area contributed by atoms with Gasteiger partial charge >= 0.3 is 0 Å². The summed E-state index contributed by atoms with van der Waals surface area (Å²) in [5.41, 5.74) is 0.462. The molecular weight excluding hydrogens is 261 g/mol. The van der Waals surface area contributed by atoms with E-state index < -0.39 is 0 Å². The summed E-state index contributed by atoms with van der Waals surface area (Å²) in [5, 5.41) is 0.179. The van der Waals surface area contributed by atoms with Gasteiger partial charge in [-0.3, -0.25) is 4.79 Å². The van der Waals surface area contributed by atoms with Crippen LogP contribution in [0, 0.1) is 0 Å². The zero-order chi connectivity index (χ0) is 12.3. The molecule has 0 aliphatic carbocycles. The molecule has 1 aliphatic heterocycles. The second-order valence-corrected chi connectivity index (χ2v) is 4.96. The smallest absolute Gasteiger partial charge is 0.258 e. The minimum atomic E-state index is -0.0270. The zero-order valence-corrected chi connectivity index (χ0v) is 11.0. The first kappa shape index (κ1) is 12.8. The molecule has 0 bridgehead atoms. The molecule has 0 N–H and O–H groups in total. The summed E-state index contributed by atoms with van der Waals surface area (Å²) in [4.78, 5) is 14.1. The Morgan fingerprint density at radius 2 is 2.41 bits per heavy atom. The number of likely N-dealkylation sites (tertiary alicyclic amines) is 1. The molecule has 1 unspecified atom stereocenters. The van der Waals surface area contributed by atoms with Crippen LogP contribution in [0.3, 0.4) is 0 Å². The highest BCUT2D eigenvalue weighted by Gasteiger charge is 2.30. The maximum atomic E-state index is 12.3. The van der Waals surface area contributed by atoms with Crippen LogP contribution in [0.1, 0.15) is 36.0 Å². The van der Waals surface area contributed by atoms with Crippen molar-refractivity contribution in [1.29, 1.82) is 0 Å². The van der Waals surface area contributed by atoms with Gasteiger partial charge in [0.25, 0.3) is 5.91 Å². The third-order valence-electron chi connectivity index (χ3n) is 3.16. The number of rotatable bonds is 4. The minimum Gasteiger partial charge on any atom is -0.452 e. The van der Waals surface area contributed by atoms with E-state index in [1.165, 1.54) is 6.26 Å². The molecule has 1 aliphatic rings. The van der Waals surface area contributed by atoms with E-state index in [-0.39, 0.29) is 11.1 Å². The monoisotopic (exact) mass is 275 g/mol. The van der Waals surface area contributed by atoms with Gasteiger partial charge in [0.05, 0.1) is 11.8 Å². The predicted octanol–water partition coefficient (Wildman–Crippen LogP) is 3.56. The zero-order valence-electron chi connectivity index (χ0n) is 9.49. The number of hydrogen-bond acceptors (Lipinski definition) is 2. The second-order valence-electron chi connectivity index (χ2n) is 4.23. The summed E-state index contributed by atoms with van der Waals surface area (Å²) in [6.07, 6.45) is 5.45. The van der Waals surface area contributed by atoms with Gasteiger partial charge in [-0.15, -0.1) is 11.6 Å². The maximum absolute atomic E-state index is 12.3. The molecule has 1 aromatic heterocycles. The Hall–Kier alpha value is -0.670. The Bertz CT molecular complexity index is 392. The highest BCUT2D eigenvalue weighted by atomic mass is 35.5. The lowest BCUT2D eigenvalue weighted by atomic mass is 10.1. The number of carbonyl (C=O) groups is 1. The number of alkyl halides is 1. The van der Waals surface area contributed by atoms with Gasteiger partial charge in [0.15, 0.2) is 0 Å². The summed E-state index contributed by atoms with van der Waals surface area (Å²) in [6.45, 7) is 0.799. The molecule has 1 atom stereocenters. The van der Waals surface area contributed by atoms with E-state index in [4.69, 9.17) is 27.6 Å². The van der Waals surface area contributed by atoms with Gasteiger partial charge in [-0.1, -0.05) is 0 Å². The summed E-state index contributed by atoms with van der Waals surface area (Å²) in [7, 11) is 0. The highest BCUT2D eigenvalue weighted by molar-refractivity contribution is 6.32. The summed E-state index contributed by atoms with van der Waals surface area (Å²) >= 11 is 11.5. The molecule has 0 saturated carbocycles. The quantitative estimate of drug-likeness (QED) is 0.788. The Kier molecular flexibility index (Phi) is 4.35. The lowest BCUT2D eigenvalue weighted by molar-refractivity contribution is 0.0729. The van der Waals surface area contributed by atoms with Crippen molar-refractivity contribution in [1.82, 2.24) is 4.90 Å². The number of nitrogens with zero attached hydrogens (tertiary/aromatic N) is 1. The van der Waals surface area contributed by atoms with Crippen LogP contribution in [-0.2, 0) is 0 Å². The molecule has 5 heteroatoms. The Morgan fingerprint density at radius 1 is 1.59 bits per heavy atom. The molecule has 0 radical (unpaired) electrons. The van der Waals surface area contributed by atoms with Crippen LogP contribution >= 0.6 is 23.2 Å². The first-order valence-corrected chi connectivity index (χ1v) is 6.75. The van der Waals surface area contributed by atoms with E-state index in [9.17, 15) is 4.79 Å². The fourth-order valence-corrected chi connectivity index (χ4v) is 2.67. The van der Waals surface area contributed by atoms with Crippen LogP contribution in [0.25, 0.3) is 0 Å². The number of hydrogen-bond donors (Lipinski definition) is 0. The fraction of sp³-hybridized carbons (Fsp3) is 0.583. The van der Waals surface area contributed by atoms with Crippen LogP contribution < -0.4 is 0 Å². The van der Waals surface area contributed by atoms with Gasteiger partial charge in [-0.25, -0.2) is 0 Å². The number of halogens is 2. The van der Waals surface area contributed by atoms with Crippen molar-refractivity contribution in [3.63, 3.8) is 0 Å². The van der Waals surface area contributed by atoms with Gasteiger partial charge in [-0.2, -0.15) is 0 Å². The molecule has 2 heterocycles. The Labute approximate surface area is 111 Å². The number of amides is 1. The average molecular weight is 276 g/mol. The van der Waals surface area contributed by atoms with Crippen molar-refractivity contribution in [2.45, 2.75) is 31.7 Å². The number of carbonyl (C=O) groups excluding carboxylic acids is 1. The van der Waals surface area contributed by atoms with E-state index in [1.807, 2.05) is 4.90 Å². The molecule has 17 heavy (non-hydrogen) atoms. The molecular formula is C12H15Cl2NO2. The molecule has 1 aromatic rings. The van der Waals surface area contributed by atoms with Gasteiger partial charge in [-0.05, 0) is 43.4 Å². The third-order valence-corrected chi connectivity index (χ3v) is 3.72. The number of furan rings is 1. The Morgan fingerprint density at radius 3 is 3.06 bits per heavy atom. The van der Waals surface area contributed by atoms with E-state index in [2.05, 4.69) is 0 Å². The molecule has 1 saturated heterocycles. The van der Waals surface area contributed by atoms with Crippen molar-refractivity contribution < 1.29 is 9.21 Å². The Balaban J connectivity index is 2.06. The van der Waals surface area contributed by atoms with Crippen molar-refractivity contribution in [2.75, 3.05) is 12.4 Å². The molecule has 94 valence electrons. The lowest BCUT2D eigenvalue weighted by Gasteiger charge is -2.24. The van der Waals surface area contributed by atoms with Crippen LogP contribution in [-0.4, -0.2) is 29.3 Å². The van der Waals surface area contributed by atoms with E-state index in [1.54, 1.807) is 6.07 Å². The molecule has 3 nitrogen and oxygen atoms in total. The normalized spacial score (nSPS) is 19.9. The van der Waals surface area contributed by atoms with E-state index in [0.717, 1.165) is 32.2 Å². The van der Waals surface area contributed by atoms with Crippen molar-refractivity contribution in [2.24, 2.45) is 0 Å². The summed E-state index contributed by atoms with van der Waals surface area (Å²) in [6, 6.07) is 1.92. The van der Waals surface area contributed by atoms with Crippen LogP contribution in [0.15, 0.2) is 16.7 Å². The standard InChI is InChI=1S/C12H15Cl2NO2/c13-6-1-3-9-4-2-7-15(9)12(16)10-5-8-17-11(10)14/h5,8-9H,1-4,6-7H2. The predicted molar refractivity (Wildman–Crippen MR) is 67.7 cm³/mol. The first-order chi connectivity index (χ1) is 8.24. The molecule has 1 fully saturated rings. The molecule has 0 aromatic carbocycles. The average Bonchev–Trinajstić information content (AvgIpc) is 2.94. The van der Waals surface area contributed by atoms with E-state index in [0.29, 0.717) is 17.5 Å². The SMILES string of the molecule is O=C(c1ccoc1Cl)N1CCCC1CCCCl. The fourth-order valence-electron chi connectivity index (χ4n) is 2.32. The molecule has 0 spiro atoms. The first-order valence-electron chi connectivity index (χ1n) is 5.84. The van der Waals surface area contributed by atoms with Crippen molar-refractivity contribution >= 4 is 29.1 Å². The second kappa shape index (κ2) is 5.78. The lowest BCUT2D eigenvalue weighted by Crippen LogP contribution is -2.35. The summed E-state index contributed by atoms with van der Waals surface area (Å²) < 4.78 is 4.96. The van der Waals surface area contributed by atoms with Crippen LogP contribution in [0.5, 0.6) is 0 Å². The summed E-state index contributed by atoms with van der Waals surface area (Å²) in [5.74, 6) is 0.617.